The van der Waals surface area contributed by atoms with Gasteiger partial charge in [-0.15, -0.1) is 12.4 Å². The number of fused-ring (bicyclic) bond motifs is 3. The number of rotatable bonds is 2. The molecule has 20 heavy (non-hydrogen) atoms. The molecule has 1 aliphatic rings. The minimum Gasteiger partial charge on any atom is -0.388 e. The van der Waals surface area contributed by atoms with Crippen LogP contribution in [0.2, 0.25) is 0 Å². The van der Waals surface area contributed by atoms with E-state index in [1.165, 1.54) is 16.3 Å². The number of halogens is 1. The van der Waals surface area contributed by atoms with Gasteiger partial charge in [0.05, 0.1) is 6.10 Å². The van der Waals surface area contributed by atoms with E-state index in [0.717, 1.165) is 24.9 Å². The van der Waals surface area contributed by atoms with Crippen molar-refractivity contribution in [2.75, 3.05) is 20.6 Å². The fourth-order valence-corrected chi connectivity index (χ4v) is 3.30. The van der Waals surface area contributed by atoms with E-state index in [1.54, 1.807) is 0 Å². The van der Waals surface area contributed by atoms with Crippen molar-refractivity contribution in [3.05, 3.63) is 47.5 Å². The molecule has 0 bridgehead atoms. The topological polar surface area (TPSA) is 23.5 Å². The number of aliphatic hydroxyl groups is 1. The third-order valence-corrected chi connectivity index (χ3v) is 4.19. The van der Waals surface area contributed by atoms with Crippen molar-refractivity contribution in [3.8, 4) is 0 Å². The quantitative estimate of drug-likeness (QED) is 0.916. The highest BCUT2D eigenvalue weighted by atomic mass is 35.5. The van der Waals surface area contributed by atoms with Crippen LogP contribution < -0.4 is 0 Å². The smallest absolute Gasteiger partial charge is 0.0839 e. The Morgan fingerprint density at radius 1 is 1.15 bits per heavy atom. The molecule has 0 fully saturated rings. The van der Waals surface area contributed by atoms with Crippen molar-refractivity contribution >= 4 is 23.2 Å². The van der Waals surface area contributed by atoms with Crippen LogP contribution >= 0.6 is 12.4 Å². The molecule has 0 amide bonds. The maximum absolute atomic E-state index is 10.7. The molecule has 2 unspecified atom stereocenters. The van der Waals surface area contributed by atoms with Crippen LogP contribution in [0.1, 0.15) is 23.7 Å². The van der Waals surface area contributed by atoms with Crippen LogP contribution in [-0.4, -0.2) is 30.6 Å². The second-order valence-electron chi connectivity index (χ2n) is 5.87. The molecule has 0 aromatic heterocycles. The first-order valence-corrected chi connectivity index (χ1v) is 7.00. The Morgan fingerprint density at radius 3 is 2.65 bits per heavy atom. The fourth-order valence-electron chi connectivity index (χ4n) is 3.30. The van der Waals surface area contributed by atoms with Gasteiger partial charge >= 0.3 is 0 Å². The van der Waals surface area contributed by atoms with E-state index in [0.29, 0.717) is 5.92 Å². The molecular weight excluding hydrogens is 270 g/mol. The molecule has 2 aromatic carbocycles. The largest absolute Gasteiger partial charge is 0.388 e. The summed E-state index contributed by atoms with van der Waals surface area (Å²) in [5.41, 5.74) is 2.48. The lowest BCUT2D eigenvalue weighted by Gasteiger charge is -2.32. The van der Waals surface area contributed by atoms with Crippen molar-refractivity contribution in [2.45, 2.75) is 18.9 Å². The zero-order chi connectivity index (χ0) is 13.4. The molecule has 3 heteroatoms. The first kappa shape index (κ1) is 15.3. The van der Waals surface area contributed by atoms with Crippen molar-refractivity contribution in [2.24, 2.45) is 5.92 Å². The third kappa shape index (κ3) is 2.69. The third-order valence-electron chi connectivity index (χ3n) is 4.19. The summed E-state index contributed by atoms with van der Waals surface area (Å²) in [6.45, 7) is 0.948. The average Bonchev–Trinajstić information content (AvgIpc) is 2.41. The van der Waals surface area contributed by atoms with Crippen LogP contribution in [0.15, 0.2) is 36.4 Å². The molecule has 2 nitrogen and oxygen atoms in total. The molecule has 3 rings (SSSR count). The molecule has 0 spiro atoms. The predicted molar refractivity (Wildman–Crippen MR) is 86.5 cm³/mol. The highest BCUT2D eigenvalue weighted by molar-refractivity contribution is 5.87. The van der Waals surface area contributed by atoms with Gasteiger partial charge in [0.25, 0.3) is 0 Å². The number of benzene rings is 2. The first-order valence-electron chi connectivity index (χ1n) is 7.00. The zero-order valence-electron chi connectivity index (χ0n) is 12.0. The minimum atomic E-state index is -0.336. The summed E-state index contributed by atoms with van der Waals surface area (Å²) < 4.78 is 0. The van der Waals surface area contributed by atoms with Gasteiger partial charge in [-0.3, -0.25) is 0 Å². The van der Waals surface area contributed by atoms with Crippen molar-refractivity contribution in [3.63, 3.8) is 0 Å². The van der Waals surface area contributed by atoms with Gasteiger partial charge < -0.3 is 10.0 Å². The molecule has 0 saturated heterocycles. The summed E-state index contributed by atoms with van der Waals surface area (Å²) in [5, 5.41) is 13.2. The van der Waals surface area contributed by atoms with Gasteiger partial charge in [0.2, 0.25) is 0 Å². The van der Waals surface area contributed by atoms with Crippen LogP contribution in [0.3, 0.4) is 0 Å². The molecule has 1 aliphatic carbocycles. The number of aryl methyl sites for hydroxylation is 1. The molecule has 0 aliphatic heterocycles. The van der Waals surface area contributed by atoms with E-state index in [2.05, 4.69) is 55.4 Å². The standard InChI is InChI=1S/C17H21NO.ClH/c1-18(2)11-14-10-9-13-8-7-12-5-3-4-6-15(12)16(13)17(14)19;/h3-8,14,17,19H,9-11H2,1-2H3;1H. The van der Waals surface area contributed by atoms with Crippen molar-refractivity contribution in [1.29, 1.82) is 0 Å². The maximum atomic E-state index is 10.7. The number of aliphatic hydroxyl groups excluding tert-OH is 1. The summed E-state index contributed by atoms with van der Waals surface area (Å²) in [7, 11) is 4.15. The van der Waals surface area contributed by atoms with Crippen molar-refractivity contribution < 1.29 is 5.11 Å². The summed E-state index contributed by atoms with van der Waals surface area (Å²) in [4.78, 5) is 2.17. The Morgan fingerprint density at radius 2 is 1.90 bits per heavy atom. The number of hydrogen-bond donors (Lipinski definition) is 1. The monoisotopic (exact) mass is 291 g/mol. The highest BCUT2D eigenvalue weighted by Crippen LogP contribution is 2.38. The van der Waals surface area contributed by atoms with Crippen LogP contribution in [0.4, 0.5) is 0 Å². The molecule has 0 saturated carbocycles. The Bertz CT molecular complexity index is 597. The van der Waals surface area contributed by atoms with Crippen LogP contribution in [-0.2, 0) is 6.42 Å². The van der Waals surface area contributed by atoms with Crippen LogP contribution in [0.5, 0.6) is 0 Å². The second kappa shape index (κ2) is 6.13. The zero-order valence-corrected chi connectivity index (χ0v) is 12.9. The van der Waals surface area contributed by atoms with E-state index in [1.807, 2.05) is 0 Å². The molecule has 2 aromatic rings. The van der Waals surface area contributed by atoms with Gasteiger partial charge in [0.1, 0.15) is 0 Å². The number of nitrogens with zero attached hydrogens (tertiary/aromatic N) is 1. The van der Waals surface area contributed by atoms with E-state index >= 15 is 0 Å². The van der Waals surface area contributed by atoms with Gasteiger partial charge in [-0.25, -0.2) is 0 Å². The van der Waals surface area contributed by atoms with Crippen LogP contribution in [0, 0.1) is 5.92 Å². The summed E-state index contributed by atoms with van der Waals surface area (Å²) in [6.07, 6.45) is 1.82. The Kier molecular flexibility index (Phi) is 4.69. The molecule has 2 atom stereocenters. The lowest BCUT2D eigenvalue weighted by molar-refractivity contribution is 0.0781. The molecule has 108 valence electrons. The van der Waals surface area contributed by atoms with E-state index in [4.69, 9.17) is 0 Å². The van der Waals surface area contributed by atoms with Gasteiger partial charge in [-0.1, -0.05) is 36.4 Å². The fraction of sp³-hybridized carbons (Fsp3) is 0.412. The average molecular weight is 292 g/mol. The lowest BCUT2D eigenvalue weighted by Crippen LogP contribution is -2.30. The minimum absolute atomic E-state index is 0. The van der Waals surface area contributed by atoms with Gasteiger partial charge in [0, 0.05) is 12.5 Å². The van der Waals surface area contributed by atoms with E-state index in [9.17, 15) is 5.11 Å². The number of hydrogen-bond acceptors (Lipinski definition) is 2. The Labute approximate surface area is 126 Å². The van der Waals surface area contributed by atoms with E-state index < -0.39 is 0 Å². The van der Waals surface area contributed by atoms with Crippen LogP contribution in [0.25, 0.3) is 10.8 Å². The maximum Gasteiger partial charge on any atom is 0.0839 e. The van der Waals surface area contributed by atoms with Gasteiger partial charge in [-0.2, -0.15) is 0 Å². The summed E-state index contributed by atoms with van der Waals surface area (Å²) in [6, 6.07) is 12.7. The molecule has 0 radical (unpaired) electrons. The Balaban J connectivity index is 0.00000147. The highest BCUT2D eigenvalue weighted by Gasteiger charge is 2.29. The molecule has 0 heterocycles. The second-order valence-corrected chi connectivity index (χ2v) is 5.87. The molecular formula is C17H22ClNO. The van der Waals surface area contributed by atoms with Crippen molar-refractivity contribution in [1.82, 2.24) is 4.90 Å². The molecule has 1 N–H and O–H groups in total. The SMILES string of the molecule is CN(C)CC1CCc2ccc3ccccc3c2C1O.Cl. The lowest BCUT2D eigenvalue weighted by atomic mass is 9.79. The summed E-state index contributed by atoms with van der Waals surface area (Å²) in [5.74, 6) is 0.341. The van der Waals surface area contributed by atoms with E-state index in [-0.39, 0.29) is 18.5 Å². The normalized spacial score (nSPS) is 21.6. The summed E-state index contributed by atoms with van der Waals surface area (Å²) >= 11 is 0. The van der Waals surface area contributed by atoms with Gasteiger partial charge in [0.15, 0.2) is 0 Å². The Hall–Kier alpha value is -1.09. The van der Waals surface area contributed by atoms with Gasteiger partial charge in [-0.05, 0) is 48.8 Å². The predicted octanol–water partition coefficient (Wildman–Crippen LogP) is 3.42. The first-order chi connectivity index (χ1) is 9.16.